The van der Waals surface area contributed by atoms with E-state index >= 15 is 0 Å². The van der Waals surface area contributed by atoms with E-state index in [2.05, 4.69) is 10.1 Å². The Morgan fingerprint density at radius 1 is 1.48 bits per heavy atom. The van der Waals surface area contributed by atoms with Crippen LogP contribution in [0.25, 0.3) is 0 Å². The van der Waals surface area contributed by atoms with Crippen LogP contribution in [0, 0.1) is 0 Å². The average Bonchev–Trinajstić information content (AvgIpc) is 3.02. The summed E-state index contributed by atoms with van der Waals surface area (Å²) in [5.74, 6) is 1.40. The van der Waals surface area contributed by atoms with Gasteiger partial charge in [-0.25, -0.2) is 0 Å². The molecule has 1 amide bonds. The molecular formula is C14H24N4O3. The Kier molecular flexibility index (Phi) is 4.95. The lowest BCUT2D eigenvalue weighted by Gasteiger charge is -2.21. The van der Waals surface area contributed by atoms with Crippen LogP contribution >= 0.6 is 0 Å². The molecule has 2 rings (SSSR count). The molecule has 0 aliphatic carbocycles. The fourth-order valence-electron chi connectivity index (χ4n) is 2.46. The molecule has 1 N–H and O–H groups in total. The van der Waals surface area contributed by atoms with Gasteiger partial charge in [-0.1, -0.05) is 19.0 Å². The normalized spacial score (nSPS) is 22.5. The predicted molar refractivity (Wildman–Crippen MR) is 76.8 cm³/mol. The van der Waals surface area contributed by atoms with Gasteiger partial charge in [-0.2, -0.15) is 4.98 Å². The third-order valence-electron chi connectivity index (χ3n) is 3.83. The van der Waals surface area contributed by atoms with Crippen molar-refractivity contribution in [2.24, 2.45) is 0 Å². The van der Waals surface area contributed by atoms with Crippen LogP contribution in [-0.4, -0.2) is 70.3 Å². The van der Waals surface area contributed by atoms with Gasteiger partial charge < -0.3 is 19.4 Å². The summed E-state index contributed by atoms with van der Waals surface area (Å²) in [6.07, 6.45) is 0.282. The fourth-order valence-corrected chi connectivity index (χ4v) is 2.46. The Labute approximate surface area is 124 Å². The monoisotopic (exact) mass is 296 g/mol. The van der Waals surface area contributed by atoms with Crippen molar-refractivity contribution in [2.75, 3.05) is 27.2 Å². The quantitative estimate of drug-likeness (QED) is 0.839. The minimum absolute atomic E-state index is 0.00454. The van der Waals surface area contributed by atoms with E-state index < -0.39 is 6.10 Å². The highest BCUT2D eigenvalue weighted by Gasteiger charge is 2.34. The molecule has 7 nitrogen and oxygen atoms in total. The fraction of sp³-hybridized carbons (Fsp3) is 0.786. The molecular weight excluding hydrogens is 272 g/mol. The van der Waals surface area contributed by atoms with E-state index in [1.807, 2.05) is 32.8 Å². The van der Waals surface area contributed by atoms with Crippen molar-refractivity contribution in [3.05, 3.63) is 11.7 Å². The van der Waals surface area contributed by atoms with Crippen molar-refractivity contribution < 1.29 is 14.4 Å². The summed E-state index contributed by atoms with van der Waals surface area (Å²) in [5.41, 5.74) is 0. The highest BCUT2D eigenvalue weighted by molar-refractivity contribution is 5.76. The van der Waals surface area contributed by atoms with E-state index in [0.29, 0.717) is 37.6 Å². The van der Waals surface area contributed by atoms with Gasteiger partial charge in [-0.3, -0.25) is 4.79 Å². The van der Waals surface area contributed by atoms with Crippen molar-refractivity contribution in [1.82, 2.24) is 19.9 Å². The molecule has 0 aromatic carbocycles. The van der Waals surface area contributed by atoms with Gasteiger partial charge in [0.1, 0.15) is 0 Å². The Morgan fingerprint density at radius 2 is 2.19 bits per heavy atom. The lowest BCUT2D eigenvalue weighted by Crippen LogP contribution is -2.38. The molecule has 0 spiro atoms. The number of aliphatic hydroxyl groups is 1. The third-order valence-corrected chi connectivity index (χ3v) is 3.83. The third kappa shape index (κ3) is 3.79. The number of likely N-dealkylation sites (N-methyl/N-ethyl adjacent to an activating group) is 1. The molecule has 0 radical (unpaired) electrons. The van der Waals surface area contributed by atoms with Gasteiger partial charge in [0, 0.05) is 31.8 Å². The maximum absolute atomic E-state index is 12.2. The van der Waals surface area contributed by atoms with Crippen LogP contribution < -0.4 is 0 Å². The smallest absolute Gasteiger partial charge is 0.227 e. The predicted octanol–water partition coefficient (Wildman–Crippen LogP) is 0.259. The molecule has 1 aliphatic heterocycles. The second-order valence-electron chi connectivity index (χ2n) is 6.10. The van der Waals surface area contributed by atoms with Gasteiger partial charge in [0.2, 0.25) is 11.8 Å². The number of β-amino-alcohol motifs (C(OH)–C–C–N with tert-alkyl or cyclic N) is 1. The van der Waals surface area contributed by atoms with Crippen LogP contribution in [0.15, 0.2) is 4.52 Å². The van der Waals surface area contributed by atoms with Gasteiger partial charge in [0.15, 0.2) is 5.82 Å². The summed E-state index contributed by atoms with van der Waals surface area (Å²) >= 11 is 0. The zero-order valence-electron chi connectivity index (χ0n) is 13.1. The summed E-state index contributed by atoms with van der Waals surface area (Å²) in [7, 11) is 3.82. The van der Waals surface area contributed by atoms with Crippen molar-refractivity contribution in [3.63, 3.8) is 0 Å². The SMILES string of the molecule is CC(C)c1noc(CCC(=O)N2C[C@@H](O)[C@H](N(C)C)C2)n1. The topological polar surface area (TPSA) is 82.7 Å². The van der Waals surface area contributed by atoms with E-state index in [9.17, 15) is 9.90 Å². The summed E-state index contributed by atoms with van der Waals surface area (Å²) in [6, 6.07) is 0.00454. The number of rotatable bonds is 5. The average molecular weight is 296 g/mol. The minimum Gasteiger partial charge on any atom is -0.390 e. The molecule has 1 aliphatic rings. The first kappa shape index (κ1) is 15.9. The molecule has 1 fully saturated rings. The van der Waals surface area contributed by atoms with E-state index in [1.165, 1.54) is 0 Å². The molecule has 2 atom stereocenters. The molecule has 0 saturated carbocycles. The first-order chi connectivity index (χ1) is 9.88. The Bertz CT molecular complexity index is 486. The number of hydrogen-bond acceptors (Lipinski definition) is 6. The summed E-state index contributed by atoms with van der Waals surface area (Å²) in [5, 5.41) is 13.8. The lowest BCUT2D eigenvalue weighted by atomic mass is 10.2. The van der Waals surface area contributed by atoms with Gasteiger partial charge in [0.05, 0.1) is 12.1 Å². The van der Waals surface area contributed by atoms with Crippen molar-refractivity contribution in [1.29, 1.82) is 0 Å². The number of carbonyl (C=O) groups is 1. The molecule has 1 aromatic rings. The second kappa shape index (κ2) is 6.53. The Hall–Kier alpha value is -1.47. The number of aliphatic hydroxyl groups excluding tert-OH is 1. The number of nitrogens with zero attached hydrogens (tertiary/aromatic N) is 4. The zero-order valence-corrected chi connectivity index (χ0v) is 13.1. The second-order valence-corrected chi connectivity index (χ2v) is 6.10. The first-order valence-corrected chi connectivity index (χ1v) is 7.33. The van der Waals surface area contributed by atoms with E-state index in [4.69, 9.17) is 4.52 Å². The van der Waals surface area contributed by atoms with Crippen molar-refractivity contribution in [3.8, 4) is 0 Å². The maximum atomic E-state index is 12.2. The van der Waals surface area contributed by atoms with E-state index in [-0.39, 0.29) is 17.9 Å². The van der Waals surface area contributed by atoms with Crippen LogP contribution in [0.4, 0.5) is 0 Å². The highest BCUT2D eigenvalue weighted by atomic mass is 16.5. The van der Waals surface area contributed by atoms with E-state index in [1.54, 1.807) is 4.90 Å². The van der Waals surface area contributed by atoms with Crippen molar-refractivity contribution in [2.45, 2.75) is 44.8 Å². The van der Waals surface area contributed by atoms with Crippen molar-refractivity contribution >= 4 is 5.91 Å². The largest absolute Gasteiger partial charge is 0.390 e. The zero-order chi connectivity index (χ0) is 15.6. The Morgan fingerprint density at radius 3 is 2.71 bits per heavy atom. The molecule has 7 heteroatoms. The number of carbonyl (C=O) groups excluding carboxylic acids is 1. The lowest BCUT2D eigenvalue weighted by molar-refractivity contribution is -0.130. The summed E-state index contributed by atoms with van der Waals surface area (Å²) < 4.78 is 5.13. The van der Waals surface area contributed by atoms with Gasteiger partial charge in [-0.05, 0) is 14.1 Å². The van der Waals surface area contributed by atoms with Gasteiger partial charge >= 0.3 is 0 Å². The standard InChI is InChI=1S/C14H24N4O3/c1-9(2)14-15-12(21-16-14)5-6-13(20)18-7-10(17(3)4)11(19)8-18/h9-11,19H,5-8H2,1-4H3/t10-,11-/m1/s1. The highest BCUT2D eigenvalue weighted by Crippen LogP contribution is 2.16. The van der Waals surface area contributed by atoms with Crippen LogP contribution in [0.5, 0.6) is 0 Å². The molecule has 1 aromatic heterocycles. The first-order valence-electron chi connectivity index (χ1n) is 7.33. The molecule has 118 valence electrons. The van der Waals surface area contributed by atoms with Crippen LogP contribution in [0.3, 0.4) is 0 Å². The number of aryl methyl sites for hydroxylation is 1. The van der Waals surface area contributed by atoms with Crippen LogP contribution in [0.1, 0.15) is 37.9 Å². The van der Waals surface area contributed by atoms with E-state index in [0.717, 1.165) is 0 Å². The van der Waals surface area contributed by atoms with Crippen LogP contribution in [0.2, 0.25) is 0 Å². The van der Waals surface area contributed by atoms with Crippen LogP contribution in [-0.2, 0) is 11.2 Å². The van der Waals surface area contributed by atoms with Gasteiger partial charge in [0.25, 0.3) is 0 Å². The summed E-state index contributed by atoms with van der Waals surface area (Å²) in [6.45, 7) is 4.94. The summed E-state index contributed by atoms with van der Waals surface area (Å²) in [4.78, 5) is 20.1. The van der Waals surface area contributed by atoms with Gasteiger partial charge in [-0.15, -0.1) is 0 Å². The molecule has 21 heavy (non-hydrogen) atoms. The number of aromatic nitrogens is 2. The number of hydrogen-bond donors (Lipinski definition) is 1. The Balaban J connectivity index is 1.85. The number of amides is 1. The maximum Gasteiger partial charge on any atom is 0.227 e. The molecule has 0 bridgehead atoms. The molecule has 2 heterocycles. The molecule has 1 saturated heterocycles. The minimum atomic E-state index is -0.486. The molecule has 0 unspecified atom stereocenters. The number of likely N-dealkylation sites (tertiary alicyclic amines) is 1.